The van der Waals surface area contributed by atoms with Crippen molar-refractivity contribution >= 4 is 40.0 Å². The number of nitrogens with zero attached hydrogens (tertiary/aromatic N) is 1. The number of hydrogen-bond donors (Lipinski definition) is 2. The minimum atomic E-state index is -0.490. The van der Waals surface area contributed by atoms with Gasteiger partial charge in [-0.25, -0.2) is 0 Å². The standard InChI is InChI=1S/C22H24Cl2N2O2/c1-4-13(2)14-5-7-15(8-6-14)18(12-27)25-22(28)20-11-16-19(26(20)3)10-9-17(23)21(16)24/h5-11,13,18,27H,4,12H2,1-3H3,(H,25,28)/t13?,18-/m1/s1. The maximum Gasteiger partial charge on any atom is 0.268 e. The SMILES string of the molecule is CCC(C)c1ccc([C@@H](CO)NC(=O)c2cc3c(Cl)c(Cl)ccc3n2C)cc1. The number of fused-ring (bicyclic) bond motifs is 1. The van der Waals surface area contributed by atoms with Gasteiger partial charge in [0.15, 0.2) is 0 Å². The largest absolute Gasteiger partial charge is 0.394 e. The molecule has 4 nitrogen and oxygen atoms in total. The monoisotopic (exact) mass is 418 g/mol. The van der Waals surface area contributed by atoms with Gasteiger partial charge in [0.1, 0.15) is 5.69 Å². The third-order valence-electron chi connectivity index (χ3n) is 5.35. The predicted molar refractivity (Wildman–Crippen MR) is 115 cm³/mol. The van der Waals surface area contributed by atoms with Gasteiger partial charge in [-0.2, -0.15) is 0 Å². The highest BCUT2D eigenvalue weighted by molar-refractivity contribution is 6.45. The molecule has 6 heteroatoms. The Kier molecular flexibility index (Phi) is 6.33. The summed E-state index contributed by atoms with van der Waals surface area (Å²) in [6, 6.07) is 12.8. The number of hydrogen-bond acceptors (Lipinski definition) is 2. The smallest absolute Gasteiger partial charge is 0.268 e. The van der Waals surface area contributed by atoms with Crippen LogP contribution in [-0.2, 0) is 7.05 Å². The third kappa shape index (κ3) is 3.90. The Morgan fingerprint density at radius 1 is 1.14 bits per heavy atom. The van der Waals surface area contributed by atoms with Crippen LogP contribution in [0.15, 0.2) is 42.5 Å². The predicted octanol–water partition coefficient (Wildman–Crippen LogP) is 5.46. The van der Waals surface area contributed by atoms with E-state index in [1.807, 2.05) is 18.2 Å². The molecule has 0 aliphatic heterocycles. The lowest BCUT2D eigenvalue weighted by atomic mass is 9.96. The van der Waals surface area contributed by atoms with Crippen LogP contribution in [0.2, 0.25) is 10.0 Å². The van der Waals surface area contributed by atoms with Crippen molar-refractivity contribution in [2.24, 2.45) is 7.05 Å². The first kappa shape index (κ1) is 20.7. The summed E-state index contributed by atoms with van der Waals surface area (Å²) in [5, 5.41) is 14.3. The average molecular weight is 419 g/mol. The number of rotatable bonds is 6. The van der Waals surface area contributed by atoms with Gasteiger partial charge in [0.05, 0.1) is 22.7 Å². The van der Waals surface area contributed by atoms with Gasteiger partial charge in [-0.3, -0.25) is 4.79 Å². The van der Waals surface area contributed by atoms with Gasteiger partial charge in [-0.15, -0.1) is 0 Å². The fourth-order valence-corrected chi connectivity index (χ4v) is 3.71. The fourth-order valence-electron chi connectivity index (χ4n) is 3.33. The number of carbonyl (C=O) groups excluding carboxylic acids is 1. The van der Waals surface area contributed by atoms with Crippen LogP contribution < -0.4 is 5.32 Å². The van der Waals surface area contributed by atoms with Crippen molar-refractivity contribution in [1.29, 1.82) is 0 Å². The van der Waals surface area contributed by atoms with E-state index in [2.05, 4.69) is 31.3 Å². The van der Waals surface area contributed by atoms with Gasteiger partial charge >= 0.3 is 0 Å². The molecule has 0 spiro atoms. The highest BCUT2D eigenvalue weighted by atomic mass is 35.5. The summed E-state index contributed by atoms with van der Waals surface area (Å²) in [4.78, 5) is 12.9. The number of nitrogens with one attached hydrogen (secondary N) is 1. The van der Waals surface area contributed by atoms with Crippen LogP contribution in [0.25, 0.3) is 10.9 Å². The lowest BCUT2D eigenvalue weighted by Gasteiger charge is -2.18. The zero-order chi connectivity index (χ0) is 20.4. The molecular weight excluding hydrogens is 395 g/mol. The summed E-state index contributed by atoms with van der Waals surface area (Å²) >= 11 is 12.4. The molecule has 1 unspecified atom stereocenters. The van der Waals surface area contributed by atoms with E-state index in [0.717, 1.165) is 22.9 Å². The molecule has 0 saturated carbocycles. The highest BCUT2D eigenvalue weighted by Gasteiger charge is 2.20. The lowest BCUT2D eigenvalue weighted by molar-refractivity contribution is 0.0908. The molecule has 0 fully saturated rings. The number of carbonyl (C=O) groups is 1. The molecule has 148 valence electrons. The van der Waals surface area contributed by atoms with E-state index in [1.54, 1.807) is 23.7 Å². The zero-order valence-corrected chi connectivity index (χ0v) is 17.7. The van der Waals surface area contributed by atoms with E-state index in [1.165, 1.54) is 5.56 Å². The van der Waals surface area contributed by atoms with Crippen LogP contribution >= 0.6 is 23.2 Å². The van der Waals surface area contributed by atoms with E-state index in [9.17, 15) is 9.90 Å². The molecule has 2 atom stereocenters. The lowest BCUT2D eigenvalue weighted by Crippen LogP contribution is -2.32. The van der Waals surface area contributed by atoms with E-state index >= 15 is 0 Å². The van der Waals surface area contributed by atoms with E-state index in [-0.39, 0.29) is 12.5 Å². The number of benzene rings is 2. The molecule has 28 heavy (non-hydrogen) atoms. The average Bonchev–Trinajstić information content (AvgIpc) is 3.05. The number of aromatic nitrogens is 1. The third-order valence-corrected chi connectivity index (χ3v) is 6.17. The molecule has 2 N–H and O–H groups in total. The van der Waals surface area contributed by atoms with E-state index in [0.29, 0.717) is 21.7 Å². The molecule has 1 aromatic heterocycles. The summed E-state index contributed by atoms with van der Waals surface area (Å²) in [6.45, 7) is 4.14. The second-order valence-electron chi connectivity index (χ2n) is 7.07. The molecule has 0 saturated heterocycles. The molecule has 0 aliphatic rings. The summed E-state index contributed by atoms with van der Waals surface area (Å²) in [6.07, 6.45) is 1.06. The second kappa shape index (κ2) is 8.56. The zero-order valence-electron chi connectivity index (χ0n) is 16.2. The molecule has 3 rings (SSSR count). The maximum absolute atomic E-state index is 12.9. The van der Waals surface area contributed by atoms with Gasteiger partial charge in [0.2, 0.25) is 0 Å². The minimum absolute atomic E-state index is 0.190. The Morgan fingerprint density at radius 3 is 2.39 bits per heavy atom. The summed E-state index contributed by atoms with van der Waals surface area (Å²) in [5.74, 6) is 0.194. The van der Waals surface area contributed by atoms with Crippen LogP contribution in [0.3, 0.4) is 0 Å². The number of amides is 1. The molecule has 2 aromatic carbocycles. The Bertz CT molecular complexity index is 996. The van der Waals surface area contributed by atoms with E-state index in [4.69, 9.17) is 23.2 Å². The minimum Gasteiger partial charge on any atom is -0.394 e. The molecule has 0 radical (unpaired) electrons. The quantitative estimate of drug-likeness (QED) is 0.557. The number of aliphatic hydroxyl groups excluding tert-OH is 1. The molecule has 0 aliphatic carbocycles. The number of aliphatic hydroxyl groups is 1. The first-order chi connectivity index (χ1) is 13.4. The van der Waals surface area contributed by atoms with Gasteiger partial charge in [0, 0.05) is 18.0 Å². The molecular formula is C22H24Cl2N2O2. The van der Waals surface area contributed by atoms with Crippen LogP contribution in [0.4, 0.5) is 0 Å². The normalized spacial score (nSPS) is 13.5. The Labute approximate surface area is 175 Å². The van der Waals surface area contributed by atoms with Crippen molar-refractivity contribution in [1.82, 2.24) is 9.88 Å². The highest BCUT2D eigenvalue weighted by Crippen LogP contribution is 2.32. The van der Waals surface area contributed by atoms with Crippen LogP contribution in [0, 0.1) is 0 Å². The van der Waals surface area contributed by atoms with Crippen LogP contribution in [-0.4, -0.2) is 22.2 Å². The Hall–Kier alpha value is -2.01. The fraction of sp³-hybridized carbons (Fsp3) is 0.318. The van der Waals surface area contributed by atoms with Gasteiger partial charge in [-0.05, 0) is 41.7 Å². The van der Waals surface area contributed by atoms with E-state index < -0.39 is 6.04 Å². The van der Waals surface area contributed by atoms with Crippen molar-refractivity contribution in [3.63, 3.8) is 0 Å². The van der Waals surface area contributed by atoms with Crippen LogP contribution in [0.5, 0.6) is 0 Å². The van der Waals surface area contributed by atoms with Crippen molar-refractivity contribution in [3.8, 4) is 0 Å². The first-order valence-corrected chi connectivity index (χ1v) is 10.1. The molecule has 1 amide bonds. The summed E-state index contributed by atoms with van der Waals surface area (Å²) in [7, 11) is 1.80. The number of aryl methyl sites for hydroxylation is 1. The molecule has 3 aromatic rings. The topological polar surface area (TPSA) is 54.3 Å². The molecule has 0 bridgehead atoms. The van der Waals surface area contributed by atoms with Gasteiger partial charge in [0.25, 0.3) is 5.91 Å². The number of halogens is 2. The molecule has 1 heterocycles. The van der Waals surface area contributed by atoms with Gasteiger partial charge in [-0.1, -0.05) is 61.3 Å². The second-order valence-corrected chi connectivity index (χ2v) is 7.85. The van der Waals surface area contributed by atoms with Crippen LogP contribution in [0.1, 0.15) is 53.8 Å². The Morgan fingerprint density at radius 2 is 1.79 bits per heavy atom. The summed E-state index contributed by atoms with van der Waals surface area (Å²) in [5.41, 5.74) is 3.38. The Balaban J connectivity index is 1.85. The van der Waals surface area contributed by atoms with Crippen molar-refractivity contribution in [2.75, 3.05) is 6.61 Å². The van der Waals surface area contributed by atoms with Gasteiger partial charge < -0.3 is 15.0 Å². The van der Waals surface area contributed by atoms with Crippen molar-refractivity contribution < 1.29 is 9.90 Å². The summed E-state index contributed by atoms with van der Waals surface area (Å²) < 4.78 is 1.77. The maximum atomic E-state index is 12.9. The first-order valence-electron chi connectivity index (χ1n) is 9.32. The van der Waals surface area contributed by atoms with Crippen molar-refractivity contribution in [3.05, 3.63) is 69.3 Å². The van der Waals surface area contributed by atoms with Crippen molar-refractivity contribution in [2.45, 2.75) is 32.2 Å².